The highest BCUT2D eigenvalue weighted by molar-refractivity contribution is 7.89. The van der Waals surface area contributed by atoms with E-state index in [1.807, 2.05) is 6.07 Å². The van der Waals surface area contributed by atoms with Crippen molar-refractivity contribution in [2.24, 2.45) is 0 Å². The van der Waals surface area contributed by atoms with Crippen LogP contribution < -0.4 is 4.72 Å². The van der Waals surface area contributed by atoms with Crippen LogP contribution in [0.2, 0.25) is 0 Å². The molecule has 0 amide bonds. The first-order valence-corrected chi connectivity index (χ1v) is 6.45. The molecule has 0 bridgehead atoms. The molecule has 0 spiro atoms. The lowest BCUT2D eigenvalue weighted by atomic mass is 10.1. The molecule has 1 rings (SSSR count). The largest absolute Gasteiger partial charge is 0.394 e. The van der Waals surface area contributed by atoms with E-state index in [-0.39, 0.29) is 17.1 Å². The van der Waals surface area contributed by atoms with Crippen LogP contribution in [0.25, 0.3) is 0 Å². The number of hydrogen-bond acceptors (Lipinski definition) is 4. The summed E-state index contributed by atoms with van der Waals surface area (Å²) in [5.41, 5.74) is -0.893. The summed E-state index contributed by atoms with van der Waals surface area (Å²) < 4.78 is 26.4. The SMILES string of the molecule is CC(C)(CO)NS(=O)(=O)c1ccccc1C#N. The molecular formula is C11H14N2O3S. The normalized spacial score (nSPS) is 12.1. The Labute approximate surface area is 101 Å². The molecule has 0 aliphatic rings. The van der Waals surface area contributed by atoms with Gasteiger partial charge in [-0.25, -0.2) is 13.1 Å². The monoisotopic (exact) mass is 254 g/mol. The highest BCUT2D eigenvalue weighted by Crippen LogP contribution is 2.16. The fourth-order valence-corrected chi connectivity index (χ4v) is 2.81. The van der Waals surface area contributed by atoms with Gasteiger partial charge in [0.2, 0.25) is 10.0 Å². The highest BCUT2D eigenvalue weighted by atomic mass is 32.2. The lowest BCUT2D eigenvalue weighted by Crippen LogP contribution is -2.46. The number of nitrogens with one attached hydrogen (secondary N) is 1. The van der Waals surface area contributed by atoms with Crippen LogP contribution in [-0.2, 0) is 10.0 Å². The molecule has 0 aliphatic heterocycles. The third-order valence-corrected chi connectivity index (χ3v) is 3.86. The number of nitrogens with zero attached hydrogens (tertiary/aromatic N) is 1. The molecule has 0 saturated carbocycles. The van der Waals surface area contributed by atoms with Crippen LogP contribution in [0.1, 0.15) is 19.4 Å². The lowest BCUT2D eigenvalue weighted by Gasteiger charge is -2.23. The van der Waals surface area contributed by atoms with Gasteiger partial charge in [-0.05, 0) is 26.0 Å². The van der Waals surface area contributed by atoms with E-state index in [0.717, 1.165) is 0 Å². The maximum Gasteiger partial charge on any atom is 0.242 e. The van der Waals surface area contributed by atoms with Crippen LogP contribution in [0.3, 0.4) is 0 Å². The molecule has 0 atom stereocenters. The second-order valence-electron chi connectivity index (χ2n) is 4.26. The fourth-order valence-electron chi connectivity index (χ4n) is 1.24. The van der Waals surface area contributed by atoms with Crippen LogP contribution in [0, 0.1) is 11.3 Å². The zero-order chi connectivity index (χ0) is 13.1. The first-order valence-electron chi connectivity index (χ1n) is 4.96. The summed E-state index contributed by atoms with van der Waals surface area (Å²) in [7, 11) is -3.81. The molecule has 5 nitrogen and oxygen atoms in total. The quantitative estimate of drug-likeness (QED) is 0.823. The third kappa shape index (κ3) is 3.27. The highest BCUT2D eigenvalue weighted by Gasteiger charge is 2.27. The van der Waals surface area contributed by atoms with Gasteiger partial charge in [0.25, 0.3) is 0 Å². The van der Waals surface area contributed by atoms with Gasteiger partial charge in [0.1, 0.15) is 6.07 Å². The molecule has 0 radical (unpaired) electrons. The molecule has 1 aromatic rings. The van der Waals surface area contributed by atoms with Crippen LogP contribution in [-0.4, -0.2) is 25.7 Å². The average molecular weight is 254 g/mol. The maximum absolute atomic E-state index is 12.0. The van der Waals surface area contributed by atoms with Gasteiger partial charge in [0.05, 0.1) is 22.6 Å². The van der Waals surface area contributed by atoms with E-state index in [0.29, 0.717) is 0 Å². The zero-order valence-corrected chi connectivity index (χ0v) is 10.5. The van der Waals surface area contributed by atoms with Crippen molar-refractivity contribution in [1.82, 2.24) is 4.72 Å². The Bertz CT molecular complexity index is 544. The fraction of sp³-hybridized carbons (Fsp3) is 0.364. The zero-order valence-electron chi connectivity index (χ0n) is 9.64. The van der Waals surface area contributed by atoms with Crippen LogP contribution >= 0.6 is 0 Å². The molecule has 1 aromatic carbocycles. The summed E-state index contributed by atoms with van der Waals surface area (Å²) in [6.45, 7) is 2.78. The Morgan fingerprint density at radius 3 is 2.53 bits per heavy atom. The summed E-state index contributed by atoms with van der Waals surface area (Å²) in [5.74, 6) is 0. The van der Waals surface area contributed by atoms with Gasteiger partial charge in [-0.2, -0.15) is 5.26 Å². The first-order chi connectivity index (χ1) is 7.82. The van der Waals surface area contributed by atoms with Crippen molar-refractivity contribution >= 4 is 10.0 Å². The molecule has 2 N–H and O–H groups in total. The second kappa shape index (κ2) is 4.84. The standard InChI is InChI=1S/C11H14N2O3S/c1-11(2,8-14)13-17(15,16)10-6-4-3-5-9(10)7-12/h3-6,13-14H,8H2,1-2H3. The molecule has 0 aliphatic carbocycles. The summed E-state index contributed by atoms with van der Waals surface area (Å²) in [6, 6.07) is 7.75. The molecular weight excluding hydrogens is 240 g/mol. The summed E-state index contributed by atoms with van der Waals surface area (Å²) in [5, 5.41) is 17.9. The Morgan fingerprint density at radius 1 is 1.41 bits per heavy atom. The number of aliphatic hydroxyl groups is 1. The van der Waals surface area contributed by atoms with E-state index in [4.69, 9.17) is 10.4 Å². The van der Waals surface area contributed by atoms with E-state index in [9.17, 15) is 8.42 Å². The summed E-state index contributed by atoms with van der Waals surface area (Å²) in [4.78, 5) is -0.0796. The number of nitriles is 1. The van der Waals surface area contributed by atoms with E-state index >= 15 is 0 Å². The van der Waals surface area contributed by atoms with Crippen molar-refractivity contribution in [3.8, 4) is 6.07 Å². The number of aliphatic hydroxyl groups excluding tert-OH is 1. The van der Waals surface area contributed by atoms with Gasteiger partial charge >= 0.3 is 0 Å². The van der Waals surface area contributed by atoms with Gasteiger partial charge in [0, 0.05) is 0 Å². The van der Waals surface area contributed by atoms with Crippen molar-refractivity contribution in [2.45, 2.75) is 24.3 Å². The summed E-state index contributed by atoms with van der Waals surface area (Å²) in [6.07, 6.45) is 0. The number of sulfonamides is 1. The predicted octanol–water partition coefficient (Wildman–Crippen LogP) is 0.607. The van der Waals surface area contributed by atoms with Crippen molar-refractivity contribution in [2.75, 3.05) is 6.61 Å². The van der Waals surface area contributed by atoms with Crippen LogP contribution in [0.15, 0.2) is 29.2 Å². The van der Waals surface area contributed by atoms with E-state index in [2.05, 4.69) is 4.72 Å². The number of rotatable bonds is 4. The Kier molecular flexibility index (Phi) is 3.88. The van der Waals surface area contributed by atoms with Crippen molar-refractivity contribution in [3.05, 3.63) is 29.8 Å². The smallest absolute Gasteiger partial charge is 0.242 e. The molecule has 0 unspecified atom stereocenters. The van der Waals surface area contributed by atoms with Gasteiger partial charge in [-0.15, -0.1) is 0 Å². The average Bonchev–Trinajstić information content (AvgIpc) is 2.28. The molecule has 0 aromatic heterocycles. The molecule has 17 heavy (non-hydrogen) atoms. The number of hydrogen-bond donors (Lipinski definition) is 2. The summed E-state index contributed by atoms with van der Waals surface area (Å²) >= 11 is 0. The van der Waals surface area contributed by atoms with Crippen LogP contribution in [0.4, 0.5) is 0 Å². The lowest BCUT2D eigenvalue weighted by molar-refractivity contribution is 0.208. The minimum Gasteiger partial charge on any atom is -0.394 e. The third-order valence-electron chi connectivity index (χ3n) is 2.10. The molecule has 6 heteroatoms. The Morgan fingerprint density at radius 2 is 2.00 bits per heavy atom. The Balaban J connectivity index is 3.20. The van der Waals surface area contributed by atoms with Crippen molar-refractivity contribution in [1.29, 1.82) is 5.26 Å². The topological polar surface area (TPSA) is 90.2 Å². The van der Waals surface area contributed by atoms with E-state index in [1.54, 1.807) is 26.0 Å². The molecule has 92 valence electrons. The van der Waals surface area contributed by atoms with Gasteiger partial charge in [0.15, 0.2) is 0 Å². The number of benzene rings is 1. The minimum absolute atomic E-state index is 0.0775. The first kappa shape index (κ1) is 13.6. The van der Waals surface area contributed by atoms with Crippen molar-refractivity contribution in [3.63, 3.8) is 0 Å². The van der Waals surface area contributed by atoms with E-state index in [1.165, 1.54) is 12.1 Å². The predicted molar refractivity (Wildman–Crippen MR) is 62.6 cm³/mol. The minimum atomic E-state index is -3.81. The second-order valence-corrected chi connectivity index (χ2v) is 5.91. The van der Waals surface area contributed by atoms with Gasteiger partial charge in [-0.1, -0.05) is 12.1 Å². The van der Waals surface area contributed by atoms with Crippen LogP contribution in [0.5, 0.6) is 0 Å². The maximum atomic E-state index is 12.0. The van der Waals surface area contributed by atoms with Crippen molar-refractivity contribution < 1.29 is 13.5 Å². The van der Waals surface area contributed by atoms with Gasteiger partial charge < -0.3 is 5.11 Å². The van der Waals surface area contributed by atoms with Gasteiger partial charge in [-0.3, -0.25) is 0 Å². The Hall–Kier alpha value is -1.42. The molecule has 0 fully saturated rings. The molecule has 0 saturated heterocycles. The van der Waals surface area contributed by atoms with E-state index < -0.39 is 15.6 Å². The molecule has 0 heterocycles.